The van der Waals surface area contributed by atoms with Crippen LogP contribution in [0.4, 0.5) is 0 Å². The van der Waals surface area contributed by atoms with Gasteiger partial charge in [-0.15, -0.1) is 0 Å². The van der Waals surface area contributed by atoms with Gasteiger partial charge in [0, 0.05) is 31.7 Å². The van der Waals surface area contributed by atoms with Crippen molar-refractivity contribution in [1.29, 1.82) is 0 Å². The zero-order valence-electron chi connectivity index (χ0n) is 13.3. The zero-order valence-corrected chi connectivity index (χ0v) is 13.3. The molecule has 5 nitrogen and oxygen atoms in total. The molecule has 0 radical (unpaired) electrons. The van der Waals surface area contributed by atoms with Crippen molar-refractivity contribution in [3.63, 3.8) is 0 Å². The second kappa shape index (κ2) is 6.61. The van der Waals surface area contributed by atoms with Crippen molar-refractivity contribution in [1.82, 2.24) is 19.2 Å². The maximum atomic E-state index is 12.6. The van der Waals surface area contributed by atoms with Crippen LogP contribution in [-0.4, -0.2) is 38.7 Å². The van der Waals surface area contributed by atoms with Crippen LogP contribution in [0.1, 0.15) is 30.8 Å². The lowest BCUT2D eigenvalue weighted by atomic mass is 10.2. The topological polar surface area (TPSA) is 43.1 Å². The van der Waals surface area contributed by atoms with E-state index in [0.29, 0.717) is 6.54 Å². The number of aromatic nitrogens is 3. The van der Waals surface area contributed by atoms with E-state index in [9.17, 15) is 4.79 Å². The Morgan fingerprint density at radius 3 is 2.52 bits per heavy atom. The molecule has 0 N–H and O–H groups in total. The molecule has 0 spiro atoms. The van der Waals surface area contributed by atoms with Crippen LogP contribution in [-0.2, 0) is 11.3 Å². The summed E-state index contributed by atoms with van der Waals surface area (Å²) in [6.45, 7) is 7.45. The van der Waals surface area contributed by atoms with Crippen LogP contribution in [0.3, 0.4) is 0 Å². The van der Waals surface area contributed by atoms with Crippen LogP contribution in [0.5, 0.6) is 0 Å². The molecule has 114 valence electrons. The highest BCUT2D eigenvalue weighted by Crippen LogP contribution is 2.14. The average Bonchev–Trinajstić information content (AvgIpc) is 3.07. The van der Waals surface area contributed by atoms with Crippen molar-refractivity contribution in [2.24, 2.45) is 0 Å². The van der Waals surface area contributed by atoms with E-state index in [-0.39, 0.29) is 11.9 Å². The normalized spacial score (nSPS) is 12.4. The first kappa shape index (κ1) is 15.4. The number of hydrogen-bond acceptors (Lipinski definition) is 2. The molecule has 0 aliphatic heterocycles. The lowest BCUT2D eigenvalue weighted by Crippen LogP contribution is -2.36. The molecule has 0 aliphatic rings. The lowest BCUT2D eigenvalue weighted by molar-refractivity contribution is -0.133. The molecule has 2 aromatic heterocycles. The van der Waals surface area contributed by atoms with Gasteiger partial charge >= 0.3 is 0 Å². The number of nitrogens with zero attached hydrogens (tertiary/aromatic N) is 4. The molecule has 0 saturated heterocycles. The highest BCUT2D eigenvalue weighted by atomic mass is 16.2. The van der Waals surface area contributed by atoms with E-state index < -0.39 is 0 Å². The molecule has 2 heterocycles. The van der Waals surface area contributed by atoms with Crippen molar-refractivity contribution in [2.45, 2.75) is 39.8 Å². The summed E-state index contributed by atoms with van der Waals surface area (Å²) in [4.78, 5) is 14.4. The number of aryl methyl sites for hydroxylation is 2. The van der Waals surface area contributed by atoms with E-state index in [4.69, 9.17) is 0 Å². The Hall–Kier alpha value is -2.04. The van der Waals surface area contributed by atoms with Gasteiger partial charge in [-0.05, 0) is 38.5 Å². The number of carbonyl (C=O) groups is 1. The number of rotatable bonds is 6. The van der Waals surface area contributed by atoms with Crippen molar-refractivity contribution < 1.29 is 4.79 Å². The van der Waals surface area contributed by atoms with Crippen LogP contribution >= 0.6 is 0 Å². The van der Waals surface area contributed by atoms with Crippen LogP contribution in [0.25, 0.3) is 0 Å². The minimum atomic E-state index is -0.120. The van der Waals surface area contributed by atoms with E-state index in [2.05, 4.69) is 11.2 Å². The standard InChI is InChI=1S/C16H24N4O/c1-5-15(19-8-6-7-9-19)16(21)18(4)10-11-20-14(3)12-13(2)17-20/h6-9,12,15H,5,10-11H2,1-4H3/t15-/m1/s1. The number of likely N-dealkylation sites (N-methyl/N-ethyl adjacent to an activating group) is 1. The quantitative estimate of drug-likeness (QED) is 0.819. The molecule has 2 rings (SSSR count). The molecular formula is C16H24N4O. The van der Waals surface area contributed by atoms with Gasteiger partial charge in [-0.2, -0.15) is 5.10 Å². The maximum Gasteiger partial charge on any atom is 0.245 e. The molecule has 0 unspecified atom stereocenters. The van der Waals surface area contributed by atoms with Gasteiger partial charge in [0.05, 0.1) is 12.2 Å². The Bertz CT molecular complexity index is 585. The summed E-state index contributed by atoms with van der Waals surface area (Å²) in [5.74, 6) is 0.148. The van der Waals surface area contributed by atoms with Crippen LogP contribution in [0.2, 0.25) is 0 Å². The van der Waals surface area contributed by atoms with Crippen LogP contribution in [0.15, 0.2) is 30.6 Å². The smallest absolute Gasteiger partial charge is 0.245 e. The summed E-state index contributed by atoms with van der Waals surface area (Å²) >= 11 is 0. The molecule has 5 heteroatoms. The van der Waals surface area contributed by atoms with Crippen LogP contribution in [0, 0.1) is 13.8 Å². The molecule has 0 aromatic carbocycles. The second-order valence-corrected chi connectivity index (χ2v) is 5.46. The third-order valence-electron chi connectivity index (χ3n) is 3.79. The van der Waals surface area contributed by atoms with E-state index in [0.717, 1.165) is 24.4 Å². The highest BCUT2D eigenvalue weighted by molar-refractivity contribution is 5.80. The fourth-order valence-corrected chi connectivity index (χ4v) is 2.58. The van der Waals surface area contributed by atoms with Gasteiger partial charge < -0.3 is 9.47 Å². The van der Waals surface area contributed by atoms with Gasteiger partial charge in [0.25, 0.3) is 0 Å². The minimum Gasteiger partial charge on any atom is -0.342 e. The minimum absolute atomic E-state index is 0.120. The first-order valence-electron chi connectivity index (χ1n) is 7.41. The third kappa shape index (κ3) is 3.54. The maximum absolute atomic E-state index is 12.6. The van der Waals surface area contributed by atoms with E-state index in [1.54, 1.807) is 4.90 Å². The summed E-state index contributed by atoms with van der Waals surface area (Å²) < 4.78 is 3.93. The molecule has 21 heavy (non-hydrogen) atoms. The van der Waals surface area contributed by atoms with Crippen LogP contribution < -0.4 is 0 Å². The summed E-state index contributed by atoms with van der Waals surface area (Å²) in [6, 6.07) is 5.83. The Morgan fingerprint density at radius 2 is 2.00 bits per heavy atom. The molecule has 0 saturated carbocycles. The molecule has 2 aromatic rings. The van der Waals surface area contributed by atoms with Gasteiger partial charge in [0.2, 0.25) is 5.91 Å². The summed E-state index contributed by atoms with van der Waals surface area (Å²) in [6.07, 6.45) is 4.68. The van der Waals surface area contributed by atoms with Gasteiger partial charge in [-0.1, -0.05) is 6.92 Å². The van der Waals surface area contributed by atoms with Crippen molar-refractivity contribution in [2.75, 3.05) is 13.6 Å². The Labute approximate surface area is 126 Å². The predicted molar refractivity (Wildman–Crippen MR) is 83.1 cm³/mol. The largest absolute Gasteiger partial charge is 0.342 e. The van der Waals surface area contributed by atoms with Gasteiger partial charge in [0.1, 0.15) is 6.04 Å². The van der Waals surface area contributed by atoms with Gasteiger partial charge in [0.15, 0.2) is 0 Å². The SMILES string of the molecule is CC[C@H](C(=O)N(C)CCn1nc(C)cc1C)n1cccc1. The highest BCUT2D eigenvalue weighted by Gasteiger charge is 2.21. The monoisotopic (exact) mass is 288 g/mol. The molecule has 0 bridgehead atoms. The van der Waals surface area contributed by atoms with Gasteiger partial charge in [-0.3, -0.25) is 9.48 Å². The van der Waals surface area contributed by atoms with E-state index in [1.165, 1.54) is 0 Å². The fraction of sp³-hybridized carbons (Fsp3) is 0.500. The van der Waals surface area contributed by atoms with E-state index >= 15 is 0 Å². The molecule has 0 fully saturated rings. The molecular weight excluding hydrogens is 264 g/mol. The number of hydrogen-bond donors (Lipinski definition) is 0. The summed E-state index contributed by atoms with van der Waals surface area (Å²) in [7, 11) is 1.86. The zero-order chi connectivity index (χ0) is 15.4. The van der Waals surface area contributed by atoms with Crippen molar-refractivity contribution >= 4 is 5.91 Å². The molecule has 1 atom stereocenters. The van der Waals surface area contributed by atoms with Gasteiger partial charge in [-0.25, -0.2) is 0 Å². The van der Waals surface area contributed by atoms with E-state index in [1.807, 2.05) is 61.6 Å². The third-order valence-corrected chi connectivity index (χ3v) is 3.79. The number of carbonyl (C=O) groups excluding carboxylic acids is 1. The van der Waals surface area contributed by atoms with Crippen molar-refractivity contribution in [3.05, 3.63) is 42.0 Å². The Morgan fingerprint density at radius 1 is 1.33 bits per heavy atom. The first-order valence-corrected chi connectivity index (χ1v) is 7.41. The summed E-state index contributed by atoms with van der Waals surface area (Å²) in [5.41, 5.74) is 2.14. The second-order valence-electron chi connectivity index (χ2n) is 5.46. The fourth-order valence-electron chi connectivity index (χ4n) is 2.58. The first-order chi connectivity index (χ1) is 10.0. The summed E-state index contributed by atoms with van der Waals surface area (Å²) in [5, 5.41) is 4.43. The van der Waals surface area contributed by atoms with Crippen molar-refractivity contribution in [3.8, 4) is 0 Å². The molecule has 1 amide bonds. The Kier molecular flexibility index (Phi) is 4.83. The Balaban J connectivity index is 1.97. The lowest BCUT2D eigenvalue weighted by Gasteiger charge is -2.24. The molecule has 0 aliphatic carbocycles. The number of amides is 1. The average molecular weight is 288 g/mol. The predicted octanol–water partition coefficient (Wildman–Crippen LogP) is 2.41.